The second-order valence-electron chi connectivity index (χ2n) is 7.56. The van der Waals surface area contributed by atoms with E-state index >= 15 is 0 Å². The fourth-order valence-corrected chi connectivity index (χ4v) is 3.44. The Kier molecular flexibility index (Phi) is 5.22. The Balaban J connectivity index is 1.46. The van der Waals surface area contributed by atoms with Crippen LogP contribution in [0.4, 0.5) is 0 Å². The van der Waals surface area contributed by atoms with Gasteiger partial charge in [0.15, 0.2) is 5.89 Å². The summed E-state index contributed by atoms with van der Waals surface area (Å²) >= 11 is 5.93. The second-order valence-corrected chi connectivity index (χ2v) is 8.00. The summed E-state index contributed by atoms with van der Waals surface area (Å²) in [6, 6.07) is 9.15. The Hall–Kier alpha value is -2.60. The Morgan fingerprint density at radius 1 is 1.32 bits per heavy atom. The number of aryl methyl sites for hydroxylation is 1. The number of hydrogen-bond acceptors (Lipinski definition) is 4. The first-order chi connectivity index (χ1) is 13.5. The summed E-state index contributed by atoms with van der Waals surface area (Å²) in [4.78, 5) is 19.3. The van der Waals surface area contributed by atoms with Crippen LogP contribution >= 0.6 is 11.6 Å². The molecule has 3 heterocycles. The molecule has 0 aliphatic carbocycles. The highest BCUT2D eigenvalue weighted by molar-refractivity contribution is 6.30. The van der Waals surface area contributed by atoms with Crippen molar-refractivity contribution in [3.05, 3.63) is 58.4 Å². The lowest BCUT2D eigenvalue weighted by Gasteiger charge is -2.24. The SMILES string of the molecule is CC(C)CCc1nc2c(o1)CCN(C(=O)c1cc(-c3ccc(Cl)cc3)n[nH]1)C2. The molecule has 6 nitrogen and oxygen atoms in total. The maximum atomic E-state index is 12.9. The van der Waals surface area contributed by atoms with Crippen LogP contribution in [0.5, 0.6) is 0 Å². The number of halogens is 1. The third kappa shape index (κ3) is 3.97. The van der Waals surface area contributed by atoms with Crippen molar-refractivity contribution in [2.75, 3.05) is 6.54 Å². The maximum absolute atomic E-state index is 12.9. The topological polar surface area (TPSA) is 75.0 Å². The lowest BCUT2D eigenvalue weighted by atomic mass is 10.1. The molecular formula is C21H23ClN4O2. The van der Waals surface area contributed by atoms with E-state index in [0.717, 1.165) is 41.4 Å². The standard InChI is InChI=1S/C21H23ClN4O2/c1-13(2)3-8-20-23-18-12-26(10-9-19(18)28-20)21(27)17-11-16(24-25-17)14-4-6-15(22)7-5-14/h4-7,11,13H,3,8-10,12H2,1-2H3,(H,24,25). The molecule has 1 amide bonds. The lowest BCUT2D eigenvalue weighted by Crippen LogP contribution is -2.36. The predicted molar refractivity (Wildman–Crippen MR) is 107 cm³/mol. The number of carbonyl (C=O) groups is 1. The smallest absolute Gasteiger partial charge is 0.272 e. The van der Waals surface area contributed by atoms with Crippen molar-refractivity contribution in [2.45, 2.75) is 39.7 Å². The molecule has 28 heavy (non-hydrogen) atoms. The van der Waals surface area contributed by atoms with E-state index < -0.39 is 0 Å². The molecule has 0 saturated carbocycles. The number of aromatic nitrogens is 3. The fourth-order valence-electron chi connectivity index (χ4n) is 3.31. The van der Waals surface area contributed by atoms with Gasteiger partial charge >= 0.3 is 0 Å². The number of nitrogens with zero attached hydrogens (tertiary/aromatic N) is 3. The van der Waals surface area contributed by atoms with E-state index in [1.165, 1.54) is 0 Å². The van der Waals surface area contributed by atoms with Gasteiger partial charge in [-0.1, -0.05) is 37.6 Å². The van der Waals surface area contributed by atoms with E-state index in [0.29, 0.717) is 36.1 Å². The Morgan fingerprint density at radius 2 is 2.11 bits per heavy atom. The Labute approximate surface area is 168 Å². The molecular weight excluding hydrogens is 376 g/mol. The first-order valence-electron chi connectivity index (χ1n) is 9.57. The van der Waals surface area contributed by atoms with Crippen LogP contribution < -0.4 is 0 Å². The van der Waals surface area contributed by atoms with E-state index in [4.69, 9.17) is 16.0 Å². The molecule has 0 bridgehead atoms. The average Bonchev–Trinajstić information content (AvgIpc) is 3.32. The van der Waals surface area contributed by atoms with Crippen LogP contribution in [0.15, 0.2) is 34.7 Å². The summed E-state index contributed by atoms with van der Waals surface area (Å²) < 4.78 is 5.88. The maximum Gasteiger partial charge on any atom is 0.272 e. The zero-order valence-corrected chi connectivity index (χ0v) is 16.8. The van der Waals surface area contributed by atoms with Crippen molar-refractivity contribution in [2.24, 2.45) is 5.92 Å². The number of H-pyrrole nitrogens is 1. The van der Waals surface area contributed by atoms with Gasteiger partial charge in [-0.2, -0.15) is 5.10 Å². The van der Waals surface area contributed by atoms with Gasteiger partial charge < -0.3 is 9.32 Å². The summed E-state index contributed by atoms with van der Waals surface area (Å²) in [5.41, 5.74) is 2.97. The van der Waals surface area contributed by atoms with Crippen LogP contribution in [0.3, 0.4) is 0 Å². The Bertz CT molecular complexity index is 975. The molecule has 1 aliphatic rings. The van der Waals surface area contributed by atoms with Crippen molar-refractivity contribution in [1.82, 2.24) is 20.1 Å². The number of hydrogen-bond donors (Lipinski definition) is 1. The van der Waals surface area contributed by atoms with Gasteiger partial charge in [0, 0.05) is 30.0 Å². The average molecular weight is 399 g/mol. The van der Waals surface area contributed by atoms with Gasteiger partial charge in [0.25, 0.3) is 5.91 Å². The minimum Gasteiger partial charge on any atom is -0.445 e. The first kappa shape index (κ1) is 18.7. The van der Waals surface area contributed by atoms with Gasteiger partial charge in [0.2, 0.25) is 0 Å². The van der Waals surface area contributed by atoms with Gasteiger partial charge in [-0.05, 0) is 30.5 Å². The van der Waals surface area contributed by atoms with E-state index in [9.17, 15) is 4.79 Å². The number of oxazole rings is 1. The van der Waals surface area contributed by atoms with E-state index in [2.05, 4.69) is 29.0 Å². The quantitative estimate of drug-likeness (QED) is 0.686. The molecule has 0 spiro atoms. The van der Waals surface area contributed by atoms with Gasteiger partial charge in [-0.25, -0.2) is 4.98 Å². The highest BCUT2D eigenvalue weighted by Gasteiger charge is 2.27. The molecule has 0 fully saturated rings. The van der Waals surface area contributed by atoms with E-state index in [-0.39, 0.29) is 5.91 Å². The molecule has 1 aliphatic heterocycles. The van der Waals surface area contributed by atoms with Gasteiger partial charge in [0.05, 0.1) is 12.2 Å². The highest BCUT2D eigenvalue weighted by Crippen LogP contribution is 2.24. The number of amides is 1. The highest BCUT2D eigenvalue weighted by atomic mass is 35.5. The predicted octanol–water partition coefficient (Wildman–Crippen LogP) is 4.51. The van der Waals surface area contributed by atoms with Crippen LogP contribution in [0.1, 0.15) is 48.1 Å². The summed E-state index contributed by atoms with van der Waals surface area (Å²) in [6.45, 7) is 5.45. The molecule has 146 valence electrons. The normalized spacial score (nSPS) is 13.8. The molecule has 2 aromatic heterocycles. The molecule has 1 aromatic carbocycles. The minimum atomic E-state index is -0.0786. The van der Waals surface area contributed by atoms with Gasteiger partial charge in [-0.3, -0.25) is 9.89 Å². The number of carbonyl (C=O) groups excluding carboxylic acids is 1. The number of rotatable bonds is 5. The van der Waals surface area contributed by atoms with Gasteiger partial charge in [-0.15, -0.1) is 0 Å². The molecule has 0 atom stereocenters. The van der Waals surface area contributed by atoms with Crippen LogP contribution in [0.2, 0.25) is 5.02 Å². The lowest BCUT2D eigenvalue weighted by molar-refractivity contribution is 0.0722. The zero-order chi connectivity index (χ0) is 19.7. The minimum absolute atomic E-state index is 0.0786. The monoisotopic (exact) mass is 398 g/mol. The van der Waals surface area contributed by atoms with E-state index in [1.54, 1.807) is 23.1 Å². The van der Waals surface area contributed by atoms with Crippen molar-refractivity contribution in [1.29, 1.82) is 0 Å². The molecule has 0 saturated heterocycles. The van der Waals surface area contributed by atoms with Crippen LogP contribution in [-0.2, 0) is 19.4 Å². The zero-order valence-electron chi connectivity index (χ0n) is 16.0. The van der Waals surface area contributed by atoms with E-state index in [1.807, 2.05) is 12.1 Å². The van der Waals surface area contributed by atoms with Gasteiger partial charge in [0.1, 0.15) is 17.1 Å². The molecule has 0 radical (unpaired) electrons. The van der Waals surface area contributed by atoms with Crippen LogP contribution in [0, 0.1) is 5.92 Å². The van der Waals surface area contributed by atoms with Crippen molar-refractivity contribution >= 4 is 17.5 Å². The fraction of sp³-hybridized carbons (Fsp3) is 0.381. The first-order valence-corrected chi connectivity index (χ1v) is 9.95. The third-order valence-electron chi connectivity index (χ3n) is 4.94. The number of benzene rings is 1. The summed E-state index contributed by atoms with van der Waals surface area (Å²) in [7, 11) is 0. The summed E-state index contributed by atoms with van der Waals surface area (Å²) in [5.74, 6) is 2.22. The molecule has 4 rings (SSSR count). The Morgan fingerprint density at radius 3 is 2.86 bits per heavy atom. The summed E-state index contributed by atoms with van der Waals surface area (Å²) in [5, 5.41) is 7.80. The van der Waals surface area contributed by atoms with Crippen LogP contribution in [0.25, 0.3) is 11.3 Å². The third-order valence-corrected chi connectivity index (χ3v) is 5.19. The number of aromatic amines is 1. The number of nitrogens with one attached hydrogen (secondary N) is 1. The van der Waals surface area contributed by atoms with Crippen molar-refractivity contribution in [3.8, 4) is 11.3 Å². The molecule has 3 aromatic rings. The molecule has 0 unspecified atom stereocenters. The summed E-state index contributed by atoms with van der Waals surface area (Å²) in [6.07, 6.45) is 2.57. The van der Waals surface area contributed by atoms with Crippen LogP contribution in [-0.4, -0.2) is 32.5 Å². The largest absolute Gasteiger partial charge is 0.445 e. The molecule has 7 heteroatoms. The molecule has 1 N–H and O–H groups in total. The number of fused-ring (bicyclic) bond motifs is 1. The van der Waals surface area contributed by atoms with Crippen molar-refractivity contribution < 1.29 is 9.21 Å². The van der Waals surface area contributed by atoms with Crippen molar-refractivity contribution in [3.63, 3.8) is 0 Å². The second kappa shape index (κ2) is 7.80.